The molecule has 2 nitrogen and oxygen atoms in total. The van der Waals surface area contributed by atoms with Gasteiger partial charge in [0.1, 0.15) is 0 Å². The van der Waals surface area contributed by atoms with Gasteiger partial charge in [-0.25, -0.2) is 9.97 Å². The van der Waals surface area contributed by atoms with Crippen LogP contribution in [-0.2, 0) is 5.41 Å². The molecule has 3 heteroatoms. The van der Waals surface area contributed by atoms with Gasteiger partial charge in [0, 0.05) is 26.5 Å². The number of rotatable bonds is 4. The van der Waals surface area contributed by atoms with E-state index in [-0.39, 0.29) is 0 Å². The highest BCUT2D eigenvalue weighted by Crippen LogP contribution is 2.65. The Bertz CT molecular complexity index is 3160. The van der Waals surface area contributed by atoms with Crippen molar-refractivity contribution in [3.63, 3.8) is 0 Å². The summed E-state index contributed by atoms with van der Waals surface area (Å²) in [6, 6.07) is 74.9. The first-order valence-electron chi connectivity index (χ1n) is 19.8. The molecule has 1 aliphatic heterocycles. The highest BCUT2D eigenvalue weighted by atomic mass is 32.2. The summed E-state index contributed by atoms with van der Waals surface area (Å²) in [7, 11) is 0. The van der Waals surface area contributed by atoms with Crippen LogP contribution in [0.1, 0.15) is 22.3 Å². The second-order valence-electron chi connectivity index (χ2n) is 15.2. The van der Waals surface area contributed by atoms with Crippen molar-refractivity contribution in [3.05, 3.63) is 229 Å². The van der Waals surface area contributed by atoms with E-state index in [1.807, 2.05) is 11.8 Å². The lowest BCUT2D eigenvalue weighted by Gasteiger charge is -2.41. The Kier molecular flexibility index (Phi) is 7.41. The van der Waals surface area contributed by atoms with Gasteiger partial charge in [-0.3, -0.25) is 0 Å². The smallest absolute Gasteiger partial charge is 0.160 e. The molecule has 2 heterocycles. The maximum absolute atomic E-state index is 5.52. The van der Waals surface area contributed by atoms with Crippen molar-refractivity contribution in [2.45, 2.75) is 15.2 Å². The third kappa shape index (κ3) is 4.87. The number of hydrogen-bond acceptors (Lipinski definition) is 3. The topological polar surface area (TPSA) is 25.8 Å². The summed E-state index contributed by atoms with van der Waals surface area (Å²) in [5, 5.41) is 5.04. The molecule has 270 valence electrons. The van der Waals surface area contributed by atoms with E-state index in [9.17, 15) is 0 Å². The van der Waals surface area contributed by atoms with E-state index < -0.39 is 5.41 Å². The SMILES string of the molecule is c1ccc(-c2ccc(-c3cc(-c4ccccc4)nc(-c4cccc5c4C4(c6ccccc6-5)c5ccc6ccccc6c5Sc5c4ccc4ccccc54)n3)cc2)cc1. The van der Waals surface area contributed by atoms with Gasteiger partial charge >= 0.3 is 0 Å². The van der Waals surface area contributed by atoms with Crippen molar-refractivity contribution in [2.24, 2.45) is 0 Å². The van der Waals surface area contributed by atoms with Gasteiger partial charge in [0.2, 0.25) is 0 Å². The highest BCUT2D eigenvalue weighted by molar-refractivity contribution is 8.00. The zero-order valence-electron chi connectivity index (χ0n) is 31.4. The minimum absolute atomic E-state index is 0.629. The third-order valence-electron chi connectivity index (χ3n) is 12.2. The Morgan fingerprint density at radius 3 is 1.48 bits per heavy atom. The lowest BCUT2D eigenvalue weighted by molar-refractivity contribution is 0.730. The summed E-state index contributed by atoms with van der Waals surface area (Å²) in [4.78, 5) is 13.6. The molecule has 2 aliphatic rings. The largest absolute Gasteiger partial charge is 0.228 e. The van der Waals surface area contributed by atoms with Crippen LogP contribution in [0.15, 0.2) is 216 Å². The molecule has 10 aromatic rings. The summed E-state index contributed by atoms with van der Waals surface area (Å²) in [6.45, 7) is 0. The van der Waals surface area contributed by atoms with Crippen molar-refractivity contribution in [1.82, 2.24) is 9.97 Å². The van der Waals surface area contributed by atoms with Crippen LogP contribution in [0.4, 0.5) is 0 Å². The Labute approximate surface area is 341 Å². The van der Waals surface area contributed by atoms with Crippen LogP contribution < -0.4 is 0 Å². The van der Waals surface area contributed by atoms with Crippen molar-refractivity contribution in [3.8, 4) is 56.2 Å². The van der Waals surface area contributed by atoms with Crippen molar-refractivity contribution in [1.29, 1.82) is 0 Å². The molecule has 9 aromatic carbocycles. The van der Waals surface area contributed by atoms with Gasteiger partial charge in [-0.15, -0.1) is 0 Å². The van der Waals surface area contributed by atoms with Gasteiger partial charge < -0.3 is 0 Å². The minimum Gasteiger partial charge on any atom is -0.228 e. The normalized spacial score (nSPS) is 13.2. The average molecular weight is 755 g/mol. The Hall–Kier alpha value is -7.07. The van der Waals surface area contributed by atoms with Gasteiger partial charge in [-0.2, -0.15) is 0 Å². The summed E-state index contributed by atoms with van der Waals surface area (Å²) >= 11 is 1.92. The maximum atomic E-state index is 5.52. The summed E-state index contributed by atoms with van der Waals surface area (Å²) < 4.78 is 0. The Morgan fingerprint density at radius 1 is 0.345 bits per heavy atom. The van der Waals surface area contributed by atoms with Crippen LogP contribution in [0.25, 0.3) is 77.7 Å². The summed E-state index contributed by atoms with van der Waals surface area (Å²) in [5.74, 6) is 0.718. The van der Waals surface area contributed by atoms with Gasteiger partial charge in [0.15, 0.2) is 5.82 Å². The number of benzene rings is 9. The van der Waals surface area contributed by atoms with Gasteiger partial charge in [0.05, 0.1) is 16.8 Å². The molecule has 0 unspecified atom stereocenters. The van der Waals surface area contributed by atoms with Crippen LogP contribution >= 0.6 is 11.8 Å². The molecule has 1 spiro atoms. The Morgan fingerprint density at radius 2 is 0.828 bits per heavy atom. The van der Waals surface area contributed by atoms with Crippen LogP contribution in [0.2, 0.25) is 0 Å². The number of hydrogen-bond donors (Lipinski definition) is 0. The molecule has 0 radical (unpaired) electrons. The zero-order chi connectivity index (χ0) is 38.2. The van der Waals surface area contributed by atoms with E-state index in [1.54, 1.807) is 0 Å². The number of aromatic nitrogens is 2. The fourth-order valence-corrected chi connectivity index (χ4v) is 11.0. The molecular formula is C55H34N2S. The van der Waals surface area contributed by atoms with Crippen LogP contribution in [0.3, 0.4) is 0 Å². The Balaban J connectivity index is 1.17. The molecule has 0 saturated heterocycles. The quantitative estimate of drug-likeness (QED) is 0.179. The molecule has 0 bridgehead atoms. The van der Waals surface area contributed by atoms with Crippen LogP contribution in [0.5, 0.6) is 0 Å². The molecule has 58 heavy (non-hydrogen) atoms. The summed E-state index contributed by atoms with van der Waals surface area (Å²) in [5.41, 5.74) is 14.3. The molecule has 0 atom stereocenters. The number of fused-ring (bicyclic) bond motifs is 13. The molecular weight excluding hydrogens is 721 g/mol. The van der Waals surface area contributed by atoms with E-state index in [2.05, 4.69) is 206 Å². The van der Waals surface area contributed by atoms with Gasteiger partial charge in [-0.1, -0.05) is 212 Å². The first-order valence-corrected chi connectivity index (χ1v) is 20.6. The van der Waals surface area contributed by atoms with E-state index >= 15 is 0 Å². The lowest BCUT2D eigenvalue weighted by atomic mass is 9.65. The van der Waals surface area contributed by atoms with E-state index in [1.165, 1.54) is 75.8 Å². The van der Waals surface area contributed by atoms with E-state index in [0.717, 1.165) is 33.9 Å². The minimum atomic E-state index is -0.629. The van der Waals surface area contributed by atoms with Crippen molar-refractivity contribution in [2.75, 3.05) is 0 Å². The number of nitrogens with zero attached hydrogens (tertiary/aromatic N) is 2. The van der Waals surface area contributed by atoms with E-state index in [4.69, 9.17) is 9.97 Å². The van der Waals surface area contributed by atoms with Gasteiger partial charge in [0.25, 0.3) is 0 Å². The lowest BCUT2D eigenvalue weighted by Crippen LogP contribution is -2.33. The molecule has 12 rings (SSSR count). The predicted octanol–water partition coefficient (Wildman–Crippen LogP) is 14.3. The monoisotopic (exact) mass is 754 g/mol. The third-order valence-corrected chi connectivity index (χ3v) is 13.4. The van der Waals surface area contributed by atoms with Crippen molar-refractivity contribution < 1.29 is 0 Å². The second kappa shape index (κ2) is 13.0. The molecule has 0 saturated carbocycles. The predicted molar refractivity (Wildman–Crippen MR) is 240 cm³/mol. The van der Waals surface area contributed by atoms with Crippen molar-refractivity contribution >= 4 is 33.3 Å². The first-order chi connectivity index (χ1) is 28.8. The van der Waals surface area contributed by atoms with Gasteiger partial charge in [-0.05, 0) is 72.1 Å². The zero-order valence-corrected chi connectivity index (χ0v) is 32.2. The molecule has 1 aromatic heterocycles. The summed E-state index contributed by atoms with van der Waals surface area (Å²) in [6.07, 6.45) is 0. The van der Waals surface area contributed by atoms with E-state index in [0.29, 0.717) is 0 Å². The fraction of sp³-hybridized carbons (Fsp3) is 0.0182. The molecule has 0 fully saturated rings. The van der Waals surface area contributed by atoms with Crippen LogP contribution in [-0.4, -0.2) is 9.97 Å². The highest BCUT2D eigenvalue weighted by Gasteiger charge is 2.52. The standard InChI is InChI=1S/C55H34N2S/c1-3-14-35(15-4-1)36-26-28-40(29-27-36)50-34-49(39-18-5-2-6-19-39)56-54(57-50)45-24-13-23-44-43-22-11-12-25-46(43)55(51(44)45)47-32-30-37-16-7-9-20-41(37)52(47)58-53-42-21-10-8-17-38(42)31-33-48(53)55/h1-34H. The molecule has 1 aliphatic carbocycles. The fourth-order valence-electron chi connectivity index (χ4n) is 9.59. The van der Waals surface area contributed by atoms with Crippen LogP contribution in [0, 0.1) is 0 Å². The first kappa shape index (κ1) is 33.1. The average Bonchev–Trinajstić information content (AvgIpc) is 3.60. The molecule has 0 amide bonds. The second-order valence-corrected chi connectivity index (χ2v) is 16.2. The maximum Gasteiger partial charge on any atom is 0.160 e. The molecule has 0 N–H and O–H groups in total.